The van der Waals surface area contributed by atoms with E-state index in [0.717, 1.165) is 45.1 Å². The number of nitrogens with zero attached hydrogens (tertiary/aromatic N) is 2. The van der Waals surface area contributed by atoms with E-state index in [-0.39, 0.29) is 17.9 Å². The van der Waals surface area contributed by atoms with Crippen molar-refractivity contribution in [3.63, 3.8) is 0 Å². The zero-order chi connectivity index (χ0) is 18.3. The highest BCUT2D eigenvalue weighted by Gasteiger charge is 2.54. The normalized spacial score (nSPS) is 30.7. The number of aliphatic carboxylic acids is 1. The van der Waals surface area contributed by atoms with Crippen molar-refractivity contribution in [3.8, 4) is 0 Å². The van der Waals surface area contributed by atoms with Crippen LogP contribution in [0.15, 0.2) is 24.3 Å². The Hall–Kier alpha value is -1.88. The van der Waals surface area contributed by atoms with Gasteiger partial charge >= 0.3 is 5.97 Å². The molecule has 5 nitrogen and oxygen atoms in total. The van der Waals surface area contributed by atoms with Crippen molar-refractivity contribution in [2.24, 2.45) is 11.3 Å². The van der Waals surface area contributed by atoms with E-state index in [1.165, 1.54) is 11.1 Å². The van der Waals surface area contributed by atoms with E-state index in [2.05, 4.69) is 23.1 Å². The maximum Gasteiger partial charge on any atom is 0.311 e. The Bertz CT molecular complexity index is 719. The summed E-state index contributed by atoms with van der Waals surface area (Å²) >= 11 is 0. The predicted molar refractivity (Wildman–Crippen MR) is 98.7 cm³/mol. The smallest absolute Gasteiger partial charge is 0.311 e. The van der Waals surface area contributed by atoms with Crippen LogP contribution in [0, 0.1) is 11.3 Å². The third-order valence-corrected chi connectivity index (χ3v) is 6.92. The Morgan fingerprint density at radius 1 is 1.27 bits per heavy atom. The molecule has 0 bridgehead atoms. The van der Waals surface area contributed by atoms with Gasteiger partial charge in [-0.05, 0) is 49.1 Å². The predicted octanol–water partition coefficient (Wildman–Crippen LogP) is 2.71. The van der Waals surface area contributed by atoms with Gasteiger partial charge in [-0.3, -0.25) is 14.5 Å². The molecule has 2 fully saturated rings. The lowest BCUT2D eigenvalue weighted by Crippen LogP contribution is -2.42. The molecule has 0 spiro atoms. The second-order valence-corrected chi connectivity index (χ2v) is 8.33. The summed E-state index contributed by atoms with van der Waals surface area (Å²) in [6, 6.07) is 8.56. The van der Waals surface area contributed by atoms with Crippen LogP contribution < -0.4 is 0 Å². The van der Waals surface area contributed by atoms with Gasteiger partial charge in [0.25, 0.3) is 0 Å². The number of carbonyl (C=O) groups excluding carboxylic acids is 1. The summed E-state index contributed by atoms with van der Waals surface area (Å²) in [4.78, 5) is 28.7. The minimum Gasteiger partial charge on any atom is -0.481 e. The van der Waals surface area contributed by atoms with Gasteiger partial charge in [-0.25, -0.2) is 0 Å². The number of benzene rings is 1. The zero-order valence-electron chi connectivity index (χ0n) is 15.5. The van der Waals surface area contributed by atoms with E-state index < -0.39 is 11.4 Å². The molecule has 1 amide bonds. The van der Waals surface area contributed by atoms with Gasteiger partial charge in [0.05, 0.1) is 18.0 Å². The largest absolute Gasteiger partial charge is 0.481 e. The minimum atomic E-state index is -0.676. The van der Waals surface area contributed by atoms with Crippen LogP contribution in [0.3, 0.4) is 0 Å². The summed E-state index contributed by atoms with van der Waals surface area (Å²) < 4.78 is 0. The number of hydrogen-bond donors (Lipinski definition) is 1. The van der Waals surface area contributed by atoms with Gasteiger partial charge < -0.3 is 10.0 Å². The third-order valence-electron chi connectivity index (χ3n) is 6.92. The van der Waals surface area contributed by atoms with E-state index in [4.69, 9.17) is 0 Å². The SMILES string of the molecule is CN(C(=O)CN1C[C@@H]2CCC[C@@]2(C(=O)O)C1)C1CCCc2ccccc21. The van der Waals surface area contributed by atoms with Gasteiger partial charge in [0.15, 0.2) is 0 Å². The van der Waals surface area contributed by atoms with Crippen molar-refractivity contribution in [3.05, 3.63) is 35.4 Å². The topological polar surface area (TPSA) is 60.9 Å². The first-order valence-electron chi connectivity index (χ1n) is 9.80. The standard InChI is InChI=1S/C21H28N2O3/c1-22(18-10-4-7-15-6-2-3-9-17(15)18)19(24)13-23-12-16-8-5-11-21(16,14-23)20(25)26/h2-3,6,9,16,18H,4-5,7-8,10-14H2,1H3,(H,25,26)/t16-,18?,21+/m0/s1. The monoisotopic (exact) mass is 356 g/mol. The lowest BCUT2D eigenvalue weighted by atomic mass is 9.81. The van der Waals surface area contributed by atoms with Crippen LogP contribution in [0.25, 0.3) is 0 Å². The molecule has 5 heteroatoms. The van der Waals surface area contributed by atoms with E-state index in [1.54, 1.807) is 0 Å². The molecule has 1 aromatic carbocycles. The first kappa shape index (κ1) is 17.5. The summed E-state index contributed by atoms with van der Waals surface area (Å²) in [5.74, 6) is -0.370. The average Bonchev–Trinajstić information content (AvgIpc) is 3.18. The average molecular weight is 356 g/mol. The van der Waals surface area contributed by atoms with E-state index in [1.807, 2.05) is 18.0 Å². The number of aryl methyl sites for hydroxylation is 1. The molecular weight excluding hydrogens is 328 g/mol. The third kappa shape index (κ3) is 2.82. The number of carboxylic acids is 1. The van der Waals surface area contributed by atoms with Crippen molar-refractivity contribution in [2.75, 3.05) is 26.7 Å². The number of likely N-dealkylation sites (N-methyl/N-ethyl adjacent to an activating group) is 1. The molecule has 1 saturated carbocycles. The zero-order valence-corrected chi connectivity index (χ0v) is 15.5. The molecule has 3 atom stereocenters. The number of amides is 1. The molecule has 1 N–H and O–H groups in total. The van der Waals surface area contributed by atoms with Crippen molar-refractivity contribution in [2.45, 2.75) is 44.6 Å². The number of fused-ring (bicyclic) bond motifs is 2. The van der Waals surface area contributed by atoms with Crippen LogP contribution in [0.2, 0.25) is 0 Å². The Kier molecular flexibility index (Phi) is 4.51. The van der Waals surface area contributed by atoms with E-state index >= 15 is 0 Å². The molecule has 0 aromatic heterocycles. The van der Waals surface area contributed by atoms with Gasteiger partial charge in [-0.15, -0.1) is 0 Å². The number of carbonyl (C=O) groups is 2. The summed E-state index contributed by atoms with van der Waals surface area (Å²) in [6.07, 6.45) is 5.92. The van der Waals surface area contributed by atoms with Crippen molar-refractivity contribution in [1.82, 2.24) is 9.80 Å². The van der Waals surface area contributed by atoms with Gasteiger partial charge in [0.1, 0.15) is 0 Å². The summed E-state index contributed by atoms with van der Waals surface area (Å²) in [5.41, 5.74) is 2.01. The highest BCUT2D eigenvalue weighted by atomic mass is 16.4. The molecule has 1 aromatic rings. The molecule has 1 unspecified atom stereocenters. The molecule has 140 valence electrons. The fourth-order valence-electron chi connectivity index (χ4n) is 5.47. The number of carboxylic acid groups (broad SMARTS) is 1. The molecule has 2 aliphatic carbocycles. The molecular formula is C21H28N2O3. The molecule has 0 radical (unpaired) electrons. The van der Waals surface area contributed by atoms with Crippen LogP contribution in [0.1, 0.15) is 49.3 Å². The minimum absolute atomic E-state index is 0.104. The van der Waals surface area contributed by atoms with Crippen LogP contribution in [-0.2, 0) is 16.0 Å². The molecule has 4 rings (SSSR count). The van der Waals surface area contributed by atoms with Crippen LogP contribution in [-0.4, -0.2) is 53.5 Å². The Morgan fingerprint density at radius 2 is 2.08 bits per heavy atom. The Labute approximate surface area is 155 Å². The van der Waals surface area contributed by atoms with E-state index in [9.17, 15) is 14.7 Å². The number of rotatable bonds is 4. The molecule has 1 saturated heterocycles. The maximum absolute atomic E-state index is 12.9. The second kappa shape index (κ2) is 6.69. The quantitative estimate of drug-likeness (QED) is 0.901. The molecule has 1 heterocycles. The van der Waals surface area contributed by atoms with Gasteiger partial charge in [-0.1, -0.05) is 30.7 Å². The molecule has 26 heavy (non-hydrogen) atoms. The Balaban J connectivity index is 1.44. The van der Waals surface area contributed by atoms with Gasteiger partial charge in [0.2, 0.25) is 5.91 Å². The summed E-state index contributed by atoms with van der Waals surface area (Å²) in [5, 5.41) is 9.73. The molecule has 3 aliphatic rings. The lowest BCUT2D eigenvalue weighted by Gasteiger charge is -2.34. The highest BCUT2D eigenvalue weighted by Crippen LogP contribution is 2.48. The lowest BCUT2D eigenvalue weighted by molar-refractivity contribution is -0.149. The molecule has 1 aliphatic heterocycles. The summed E-state index contributed by atoms with van der Waals surface area (Å²) in [6.45, 7) is 1.60. The van der Waals surface area contributed by atoms with Crippen molar-refractivity contribution < 1.29 is 14.7 Å². The fourth-order valence-corrected chi connectivity index (χ4v) is 5.47. The number of hydrogen-bond acceptors (Lipinski definition) is 3. The first-order chi connectivity index (χ1) is 12.5. The summed E-state index contributed by atoms with van der Waals surface area (Å²) in [7, 11) is 1.90. The van der Waals surface area contributed by atoms with Crippen molar-refractivity contribution >= 4 is 11.9 Å². The fraction of sp³-hybridized carbons (Fsp3) is 0.619. The van der Waals surface area contributed by atoms with Crippen LogP contribution in [0.5, 0.6) is 0 Å². The maximum atomic E-state index is 12.9. The number of likely N-dealkylation sites (tertiary alicyclic amines) is 1. The second-order valence-electron chi connectivity index (χ2n) is 8.33. The van der Waals surface area contributed by atoms with E-state index in [0.29, 0.717) is 13.1 Å². The Morgan fingerprint density at radius 3 is 2.85 bits per heavy atom. The van der Waals surface area contributed by atoms with Crippen molar-refractivity contribution in [1.29, 1.82) is 0 Å². The van der Waals surface area contributed by atoms with Gasteiger partial charge in [0, 0.05) is 20.1 Å². The van der Waals surface area contributed by atoms with Gasteiger partial charge in [-0.2, -0.15) is 0 Å². The first-order valence-corrected chi connectivity index (χ1v) is 9.80. The highest BCUT2D eigenvalue weighted by molar-refractivity contribution is 5.80. The van der Waals surface area contributed by atoms with Crippen LogP contribution in [0.4, 0.5) is 0 Å². The van der Waals surface area contributed by atoms with Crippen LogP contribution >= 0.6 is 0 Å².